The molecule has 2 rings (SSSR count). The van der Waals surface area contributed by atoms with Crippen LogP contribution in [0.3, 0.4) is 0 Å². The van der Waals surface area contributed by atoms with Crippen molar-refractivity contribution in [2.45, 2.75) is 44.1 Å². The molecule has 1 aromatic heterocycles. The van der Waals surface area contributed by atoms with Crippen molar-refractivity contribution in [3.63, 3.8) is 0 Å². The van der Waals surface area contributed by atoms with Gasteiger partial charge >= 0.3 is 6.01 Å². The van der Waals surface area contributed by atoms with E-state index in [0.29, 0.717) is 11.9 Å². The van der Waals surface area contributed by atoms with Crippen molar-refractivity contribution in [2.24, 2.45) is 0 Å². The van der Waals surface area contributed by atoms with Crippen LogP contribution in [0.25, 0.3) is 0 Å². The second-order valence-corrected chi connectivity index (χ2v) is 4.86. The topological polar surface area (TPSA) is 80.1 Å². The molecule has 94 valence electrons. The highest BCUT2D eigenvalue weighted by Crippen LogP contribution is 2.20. The highest BCUT2D eigenvalue weighted by atomic mass is 35.5. The number of carbonyl (C=O) groups is 1. The van der Waals surface area contributed by atoms with Crippen molar-refractivity contribution in [3.05, 3.63) is 5.89 Å². The van der Waals surface area contributed by atoms with Crippen LogP contribution in [0.4, 0.5) is 6.01 Å². The van der Waals surface area contributed by atoms with Crippen molar-refractivity contribution >= 4 is 23.5 Å². The van der Waals surface area contributed by atoms with Crippen molar-refractivity contribution < 1.29 is 9.21 Å². The molecule has 1 aromatic rings. The summed E-state index contributed by atoms with van der Waals surface area (Å²) < 4.78 is 5.24. The molecule has 1 heterocycles. The van der Waals surface area contributed by atoms with Gasteiger partial charge in [0.15, 0.2) is 0 Å². The van der Waals surface area contributed by atoms with Gasteiger partial charge < -0.3 is 15.1 Å². The van der Waals surface area contributed by atoms with Gasteiger partial charge in [0.1, 0.15) is 11.4 Å². The summed E-state index contributed by atoms with van der Waals surface area (Å²) in [5.41, 5.74) is 0. The molecule has 1 amide bonds. The van der Waals surface area contributed by atoms with Crippen molar-refractivity contribution in [2.75, 3.05) is 5.32 Å². The standard InChI is InChI=1S/C10H15ClN4O2/c1-5(11)9-14-15-10(17-9)12-6(2)8(16)13-7-3-4-7/h5-7H,3-4H2,1-2H3,(H,12,15)(H,13,16). The van der Waals surface area contributed by atoms with E-state index in [9.17, 15) is 4.79 Å². The molecular weight excluding hydrogens is 244 g/mol. The normalized spacial score (nSPS) is 18.5. The van der Waals surface area contributed by atoms with Crippen molar-refractivity contribution in [1.29, 1.82) is 0 Å². The number of amides is 1. The first kappa shape index (κ1) is 12.2. The van der Waals surface area contributed by atoms with Gasteiger partial charge in [0.25, 0.3) is 0 Å². The van der Waals surface area contributed by atoms with E-state index >= 15 is 0 Å². The summed E-state index contributed by atoms with van der Waals surface area (Å²) in [7, 11) is 0. The fourth-order valence-electron chi connectivity index (χ4n) is 1.26. The van der Waals surface area contributed by atoms with Crippen LogP contribution < -0.4 is 10.6 Å². The number of nitrogens with one attached hydrogen (secondary N) is 2. The molecule has 2 N–H and O–H groups in total. The summed E-state index contributed by atoms with van der Waals surface area (Å²) in [6.45, 7) is 3.48. The van der Waals surface area contributed by atoms with E-state index in [4.69, 9.17) is 16.0 Å². The van der Waals surface area contributed by atoms with Gasteiger partial charge in [0, 0.05) is 6.04 Å². The van der Waals surface area contributed by atoms with E-state index in [1.165, 1.54) is 0 Å². The van der Waals surface area contributed by atoms with Crippen molar-refractivity contribution in [3.8, 4) is 0 Å². The van der Waals surface area contributed by atoms with E-state index in [1.54, 1.807) is 13.8 Å². The van der Waals surface area contributed by atoms with Gasteiger partial charge in [0.2, 0.25) is 11.8 Å². The van der Waals surface area contributed by atoms with Crippen molar-refractivity contribution in [1.82, 2.24) is 15.5 Å². The molecular formula is C10H15ClN4O2. The number of aromatic nitrogens is 2. The number of carbonyl (C=O) groups excluding carboxylic acids is 1. The van der Waals surface area contributed by atoms with Gasteiger partial charge in [0.05, 0.1) is 0 Å². The Kier molecular flexibility index (Phi) is 3.51. The maximum atomic E-state index is 11.6. The van der Waals surface area contributed by atoms with E-state index in [-0.39, 0.29) is 17.3 Å². The average Bonchev–Trinajstić information content (AvgIpc) is 2.94. The van der Waals surface area contributed by atoms with Crippen LogP contribution in [0.1, 0.15) is 38.0 Å². The second-order valence-electron chi connectivity index (χ2n) is 4.21. The van der Waals surface area contributed by atoms with E-state index in [2.05, 4.69) is 20.8 Å². The smallest absolute Gasteiger partial charge is 0.316 e. The molecule has 2 unspecified atom stereocenters. The minimum atomic E-state index is -0.408. The fourth-order valence-corrected chi connectivity index (χ4v) is 1.35. The number of hydrogen-bond acceptors (Lipinski definition) is 5. The highest BCUT2D eigenvalue weighted by molar-refractivity contribution is 6.20. The molecule has 17 heavy (non-hydrogen) atoms. The minimum Gasteiger partial charge on any atom is -0.406 e. The van der Waals surface area contributed by atoms with Gasteiger partial charge in [-0.2, -0.15) is 0 Å². The first-order chi connectivity index (χ1) is 8.06. The number of hydrogen-bond donors (Lipinski definition) is 2. The lowest BCUT2D eigenvalue weighted by Crippen LogP contribution is -2.38. The number of nitrogens with zero attached hydrogens (tertiary/aromatic N) is 2. The van der Waals surface area contributed by atoms with Crippen LogP contribution in [0, 0.1) is 0 Å². The predicted molar refractivity (Wildman–Crippen MR) is 62.8 cm³/mol. The lowest BCUT2D eigenvalue weighted by Gasteiger charge is -2.11. The Labute approximate surface area is 104 Å². The zero-order valence-electron chi connectivity index (χ0n) is 9.74. The summed E-state index contributed by atoms with van der Waals surface area (Å²) in [5, 5.41) is 12.9. The summed E-state index contributed by atoms with van der Waals surface area (Å²) in [6, 6.07) is 0.147. The monoisotopic (exact) mass is 258 g/mol. The molecule has 2 atom stereocenters. The van der Waals surface area contributed by atoms with E-state index < -0.39 is 6.04 Å². The maximum Gasteiger partial charge on any atom is 0.316 e. The van der Waals surface area contributed by atoms with Crippen LogP contribution >= 0.6 is 11.6 Å². The molecule has 1 fully saturated rings. The SMILES string of the molecule is CC(Nc1nnc(C(C)Cl)o1)C(=O)NC1CC1. The number of anilines is 1. The first-order valence-corrected chi connectivity index (χ1v) is 6.04. The third kappa shape index (κ3) is 3.33. The number of alkyl halides is 1. The number of halogens is 1. The van der Waals surface area contributed by atoms with Gasteiger partial charge in [-0.15, -0.1) is 16.7 Å². The molecule has 0 aromatic carbocycles. The lowest BCUT2D eigenvalue weighted by atomic mass is 10.3. The average molecular weight is 259 g/mol. The molecule has 1 aliphatic rings. The van der Waals surface area contributed by atoms with Gasteiger partial charge in [-0.1, -0.05) is 5.10 Å². The van der Waals surface area contributed by atoms with Gasteiger partial charge in [-0.05, 0) is 26.7 Å². The molecule has 1 saturated carbocycles. The molecule has 0 radical (unpaired) electrons. The number of rotatable bonds is 5. The summed E-state index contributed by atoms with van der Waals surface area (Å²) in [6.07, 6.45) is 2.12. The summed E-state index contributed by atoms with van der Waals surface area (Å²) in [5.74, 6) is 0.273. The Morgan fingerprint density at radius 1 is 1.47 bits per heavy atom. The zero-order valence-corrected chi connectivity index (χ0v) is 10.5. The van der Waals surface area contributed by atoms with Gasteiger partial charge in [-0.3, -0.25) is 4.79 Å². The molecule has 0 bridgehead atoms. The molecule has 1 aliphatic carbocycles. The van der Waals surface area contributed by atoms with Crippen LogP contribution in [0.5, 0.6) is 0 Å². The third-order valence-corrected chi connectivity index (χ3v) is 2.62. The van der Waals surface area contributed by atoms with E-state index in [0.717, 1.165) is 12.8 Å². The third-order valence-electron chi connectivity index (χ3n) is 2.44. The molecule has 0 spiro atoms. The second kappa shape index (κ2) is 4.91. The van der Waals surface area contributed by atoms with Crippen LogP contribution in [0.15, 0.2) is 4.42 Å². The molecule has 0 aliphatic heterocycles. The van der Waals surface area contributed by atoms with Crippen LogP contribution in [-0.2, 0) is 4.79 Å². The maximum absolute atomic E-state index is 11.6. The highest BCUT2D eigenvalue weighted by Gasteiger charge is 2.26. The summed E-state index contributed by atoms with van der Waals surface area (Å²) in [4.78, 5) is 11.6. The largest absolute Gasteiger partial charge is 0.406 e. The fraction of sp³-hybridized carbons (Fsp3) is 0.700. The quantitative estimate of drug-likeness (QED) is 0.782. The van der Waals surface area contributed by atoms with Crippen LogP contribution in [-0.4, -0.2) is 28.2 Å². The molecule has 6 nitrogen and oxygen atoms in total. The Morgan fingerprint density at radius 2 is 2.18 bits per heavy atom. The Hall–Kier alpha value is -1.30. The predicted octanol–water partition coefficient (Wildman–Crippen LogP) is 1.45. The van der Waals surface area contributed by atoms with Crippen LogP contribution in [0.2, 0.25) is 0 Å². The Bertz CT molecular complexity index is 403. The molecule has 7 heteroatoms. The Balaban J connectivity index is 1.87. The minimum absolute atomic E-state index is 0.0637. The first-order valence-electron chi connectivity index (χ1n) is 5.60. The molecule has 0 saturated heterocycles. The van der Waals surface area contributed by atoms with Gasteiger partial charge in [-0.25, -0.2) is 0 Å². The Morgan fingerprint density at radius 3 is 2.71 bits per heavy atom. The summed E-state index contributed by atoms with van der Waals surface area (Å²) >= 11 is 5.79. The van der Waals surface area contributed by atoms with E-state index in [1.807, 2.05) is 0 Å². The lowest BCUT2D eigenvalue weighted by molar-refractivity contribution is -0.121. The zero-order chi connectivity index (χ0) is 12.4.